The molecule has 1 fully saturated rings. The second kappa shape index (κ2) is 11.4. The molecule has 0 spiro atoms. The highest BCUT2D eigenvalue weighted by atomic mass is 35.5. The molecule has 0 saturated carbocycles. The Labute approximate surface area is 214 Å². The Bertz CT molecular complexity index is 1290. The summed E-state index contributed by atoms with van der Waals surface area (Å²) in [6.45, 7) is 7.09. The van der Waals surface area contributed by atoms with Crippen LogP contribution in [0.3, 0.4) is 0 Å². The number of amides is 1. The van der Waals surface area contributed by atoms with Crippen LogP contribution in [0.5, 0.6) is 11.5 Å². The number of aromatic nitrogens is 1. The lowest BCUT2D eigenvalue weighted by Crippen LogP contribution is -2.28. The summed E-state index contributed by atoms with van der Waals surface area (Å²) >= 11 is 7.59. The van der Waals surface area contributed by atoms with E-state index in [0.717, 1.165) is 16.8 Å². The van der Waals surface area contributed by atoms with Crippen molar-refractivity contribution in [1.82, 2.24) is 9.88 Å². The molecule has 180 valence electrons. The van der Waals surface area contributed by atoms with Crippen LogP contribution >= 0.6 is 23.4 Å². The van der Waals surface area contributed by atoms with Gasteiger partial charge < -0.3 is 9.47 Å². The first-order valence-electron chi connectivity index (χ1n) is 11.3. The van der Waals surface area contributed by atoms with Crippen molar-refractivity contribution < 1.29 is 14.3 Å². The van der Waals surface area contributed by atoms with Crippen molar-refractivity contribution in [1.29, 1.82) is 0 Å². The van der Waals surface area contributed by atoms with Crippen LogP contribution in [0.15, 0.2) is 70.6 Å². The van der Waals surface area contributed by atoms with Gasteiger partial charge in [0.25, 0.3) is 5.91 Å². The minimum Gasteiger partial charge on any atom is -0.490 e. The van der Waals surface area contributed by atoms with E-state index >= 15 is 0 Å². The number of hydrogen-bond donors (Lipinski definition) is 0. The lowest BCUT2D eigenvalue weighted by molar-refractivity contribution is -0.122. The van der Waals surface area contributed by atoms with Crippen molar-refractivity contribution in [3.63, 3.8) is 0 Å². The molecular formula is C27H26ClN3O3S. The van der Waals surface area contributed by atoms with Crippen LogP contribution in [0.25, 0.3) is 6.08 Å². The summed E-state index contributed by atoms with van der Waals surface area (Å²) in [7, 11) is 0. The van der Waals surface area contributed by atoms with Crippen molar-refractivity contribution in [2.75, 3.05) is 13.2 Å². The van der Waals surface area contributed by atoms with Crippen LogP contribution < -0.4 is 9.47 Å². The number of carbonyl (C=O) groups is 1. The molecule has 8 heteroatoms. The van der Waals surface area contributed by atoms with E-state index in [1.54, 1.807) is 4.90 Å². The second-order valence-electron chi connectivity index (χ2n) is 7.71. The molecule has 0 N–H and O–H groups in total. The smallest absolute Gasteiger partial charge is 0.266 e. The predicted octanol–water partition coefficient (Wildman–Crippen LogP) is 6.65. The van der Waals surface area contributed by atoms with Gasteiger partial charge in [-0.15, -0.1) is 0 Å². The van der Waals surface area contributed by atoms with Gasteiger partial charge in [0.15, 0.2) is 22.5 Å². The maximum Gasteiger partial charge on any atom is 0.266 e. The molecule has 4 rings (SSSR count). The lowest BCUT2D eigenvalue weighted by atomic mass is 10.1. The van der Waals surface area contributed by atoms with Gasteiger partial charge in [0.05, 0.1) is 11.5 Å². The summed E-state index contributed by atoms with van der Waals surface area (Å²) in [4.78, 5) is 24.3. The largest absolute Gasteiger partial charge is 0.490 e. The van der Waals surface area contributed by atoms with Gasteiger partial charge in [0, 0.05) is 22.8 Å². The third-order valence-corrected chi connectivity index (χ3v) is 6.57. The van der Waals surface area contributed by atoms with E-state index in [2.05, 4.69) is 9.98 Å². The molecule has 1 aliphatic rings. The summed E-state index contributed by atoms with van der Waals surface area (Å²) in [5.74, 6) is 1.72. The maximum atomic E-state index is 13.0. The summed E-state index contributed by atoms with van der Waals surface area (Å²) in [6, 6.07) is 18.8. The number of aryl methyl sites for hydroxylation is 1. The van der Waals surface area contributed by atoms with Crippen molar-refractivity contribution in [2.45, 2.75) is 27.4 Å². The van der Waals surface area contributed by atoms with Crippen LogP contribution in [-0.4, -0.2) is 34.1 Å². The van der Waals surface area contributed by atoms with E-state index in [9.17, 15) is 4.79 Å². The number of hydrogen-bond acceptors (Lipinski definition) is 6. The van der Waals surface area contributed by atoms with Crippen molar-refractivity contribution >= 4 is 46.3 Å². The Morgan fingerprint density at radius 1 is 1.06 bits per heavy atom. The van der Waals surface area contributed by atoms with Gasteiger partial charge in [-0.3, -0.25) is 9.69 Å². The highest BCUT2D eigenvalue weighted by molar-refractivity contribution is 8.18. The molecule has 35 heavy (non-hydrogen) atoms. The number of ether oxygens (including phenoxy) is 2. The normalized spacial score (nSPS) is 15.8. The topological polar surface area (TPSA) is 64.0 Å². The predicted molar refractivity (Wildman–Crippen MR) is 142 cm³/mol. The lowest BCUT2D eigenvalue weighted by Gasteiger charge is -2.13. The van der Waals surface area contributed by atoms with E-state index in [-0.39, 0.29) is 5.91 Å². The fraction of sp³-hybridized carbons (Fsp3) is 0.222. The van der Waals surface area contributed by atoms with E-state index in [1.165, 1.54) is 11.8 Å². The number of rotatable bonds is 8. The molecule has 2 aromatic carbocycles. The SMILES string of the molecule is CCOc1cc(/C=C2\S/C(=N/c3cccc(C)n3)N(CC)C2=O)ccc1OCc1ccccc1Cl. The highest BCUT2D eigenvalue weighted by Gasteiger charge is 2.32. The van der Waals surface area contributed by atoms with Gasteiger partial charge in [0.1, 0.15) is 6.61 Å². The quantitative estimate of drug-likeness (QED) is 0.319. The zero-order valence-electron chi connectivity index (χ0n) is 19.8. The zero-order chi connectivity index (χ0) is 24.8. The van der Waals surface area contributed by atoms with Gasteiger partial charge in [0.2, 0.25) is 0 Å². The minimum atomic E-state index is -0.0825. The minimum absolute atomic E-state index is 0.0825. The summed E-state index contributed by atoms with van der Waals surface area (Å²) in [6.07, 6.45) is 1.85. The van der Waals surface area contributed by atoms with E-state index in [1.807, 2.05) is 87.5 Å². The number of benzene rings is 2. The van der Waals surface area contributed by atoms with E-state index in [0.29, 0.717) is 52.2 Å². The molecule has 0 bridgehead atoms. The number of halogens is 1. The van der Waals surface area contributed by atoms with Gasteiger partial charge in [-0.25, -0.2) is 9.98 Å². The Morgan fingerprint density at radius 2 is 1.89 bits per heavy atom. The molecule has 1 aromatic heterocycles. The van der Waals surface area contributed by atoms with E-state index < -0.39 is 0 Å². The van der Waals surface area contributed by atoms with Crippen LogP contribution in [-0.2, 0) is 11.4 Å². The first-order chi connectivity index (χ1) is 17.0. The third kappa shape index (κ3) is 6.05. The number of pyridine rings is 1. The van der Waals surface area contributed by atoms with Gasteiger partial charge in [-0.05, 0) is 74.5 Å². The number of amidine groups is 1. The zero-order valence-corrected chi connectivity index (χ0v) is 21.4. The standard InChI is InChI=1S/C27H26ClN3O3S/c1-4-31-26(32)24(35-27(31)30-25-12-8-9-18(3)29-25)16-19-13-14-22(23(15-19)33-5-2)34-17-20-10-6-7-11-21(20)28/h6-16H,4-5,17H2,1-3H3/b24-16-,30-27+. The number of nitrogens with zero attached hydrogens (tertiary/aromatic N) is 3. The van der Waals surface area contributed by atoms with Crippen LogP contribution in [0.4, 0.5) is 5.82 Å². The molecule has 0 radical (unpaired) electrons. The Kier molecular flexibility index (Phi) is 8.10. The number of thioether (sulfide) groups is 1. The number of likely N-dealkylation sites (N-methyl/N-ethyl adjacent to an activating group) is 1. The maximum absolute atomic E-state index is 13.0. The number of aliphatic imine (C=N–C) groups is 1. The fourth-order valence-corrected chi connectivity index (χ4v) is 4.72. The molecular weight excluding hydrogens is 482 g/mol. The van der Waals surface area contributed by atoms with Crippen LogP contribution in [0, 0.1) is 6.92 Å². The summed E-state index contributed by atoms with van der Waals surface area (Å²) < 4.78 is 11.8. The van der Waals surface area contributed by atoms with Crippen molar-refractivity contribution in [2.24, 2.45) is 4.99 Å². The first-order valence-corrected chi connectivity index (χ1v) is 12.5. The average Bonchev–Trinajstić information content (AvgIpc) is 3.13. The average molecular weight is 508 g/mol. The van der Waals surface area contributed by atoms with Gasteiger partial charge >= 0.3 is 0 Å². The third-order valence-electron chi connectivity index (χ3n) is 5.19. The molecule has 2 heterocycles. The molecule has 0 atom stereocenters. The summed E-state index contributed by atoms with van der Waals surface area (Å²) in [5.41, 5.74) is 2.60. The molecule has 1 aliphatic heterocycles. The van der Waals surface area contributed by atoms with Crippen molar-refractivity contribution in [3.8, 4) is 11.5 Å². The molecule has 0 aliphatic carbocycles. The van der Waals surface area contributed by atoms with Gasteiger partial charge in [-0.2, -0.15) is 0 Å². The van der Waals surface area contributed by atoms with Crippen LogP contribution in [0.1, 0.15) is 30.7 Å². The Morgan fingerprint density at radius 3 is 2.63 bits per heavy atom. The van der Waals surface area contributed by atoms with Gasteiger partial charge in [-0.1, -0.05) is 41.9 Å². The van der Waals surface area contributed by atoms with Crippen molar-refractivity contribution in [3.05, 3.63) is 87.4 Å². The molecule has 6 nitrogen and oxygen atoms in total. The fourth-order valence-electron chi connectivity index (χ4n) is 3.48. The molecule has 1 amide bonds. The summed E-state index contributed by atoms with van der Waals surface area (Å²) in [5, 5.41) is 1.27. The molecule has 1 saturated heterocycles. The highest BCUT2D eigenvalue weighted by Crippen LogP contribution is 2.36. The second-order valence-corrected chi connectivity index (χ2v) is 9.13. The number of carbonyl (C=O) groups excluding carboxylic acids is 1. The Hall–Kier alpha value is -3.29. The molecule has 0 unspecified atom stereocenters. The molecule has 3 aromatic rings. The monoisotopic (exact) mass is 507 g/mol. The Balaban J connectivity index is 1.57. The van der Waals surface area contributed by atoms with Crippen LogP contribution in [0.2, 0.25) is 5.02 Å². The first kappa shape index (κ1) is 24.8. The van der Waals surface area contributed by atoms with E-state index in [4.69, 9.17) is 21.1 Å².